The molecule has 116 valence electrons. The second kappa shape index (κ2) is 5.39. The molecule has 0 bridgehead atoms. The van der Waals surface area contributed by atoms with Crippen molar-refractivity contribution < 1.29 is 9.90 Å². The van der Waals surface area contributed by atoms with Crippen LogP contribution in [0.25, 0.3) is 21.9 Å². The Kier molecular flexibility index (Phi) is 3.52. The van der Waals surface area contributed by atoms with Crippen LogP contribution in [0.15, 0.2) is 47.3 Å². The molecule has 1 aromatic heterocycles. The van der Waals surface area contributed by atoms with Crippen molar-refractivity contribution in [1.82, 2.24) is 4.57 Å². The number of fused-ring (bicyclic) bond motifs is 1. The number of hydrogen-bond donors (Lipinski definition) is 1. The van der Waals surface area contributed by atoms with Gasteiger partial charge in [-0.15, -0.1) is 0 Å². The normalized spacial score (nSPS) is 10.9. The molecule has 2 aromatic carbocycles. The van der Waals surface area contributed by atoms with E-state index >= 15 is 0 Å². The van der Waals surface area contributed by atoms with Gasteiger partial charge in [-0.1, -0.05) is 36.4 Å². The zero-order chi connectivity index (χ0) is 16.7. The van der Waals surface area contributed by atoms with E-state index in [9.17, 15) is 14.7 Å². The van der Waals surface area contributed by atoms with Gasteiger partial charge in [0.1, 0.15) is 5.69 Å². The van der Waals surface area contributed by atoms with Gasteiger partial charge in [0.15, 0.2) is 0 Å². The molecule has 0 fully saturated rings. The molecule has 1 N–H and O–H groups in total. The average molecular weight is 307 g/mol. The predicted molar refractivity (Wildman–Crippen MR) is 91.1 cm³/mol. The van der Waals surface area contributed by atoms with E-state index in [4.69, 9.17) is 0 Å². The number of aromatic nitrogens is 1. The number of aryl methyl sites for hydroxylation is 2. The number of pyridine rings is 1. The van der Waals surface area contributed by atoms with E-state index < -0.39 is 5.97 Å². The third-order valence-electron chi connectivity index (χ3n) is 4.28. The van der Waals surface area contributed by atoms with Gasteiger partial charge >= 0.3 is 5.97 Å². The number of hydrogen-bond acceptors (Lipinski definition) is 2. The van der Waals surface area contributed by atoms with Crippen LogP contribution < -0.4 is 5.56 Å². The lowest BCUT2D eigenvalue weighted by molar-refractivity contribution is 0.0686. The summed E-state index contributed by atoms with van der Waals surface area (Å²) in [6, 6.07) is 13.1. The summed E-state index contributed by atoms with van der Waals surface area (Å²) < 4.78 is 1.22. The first kappa shape index (κ1) is 15.0. The number of nitrogens with zero attached hydrogens (tertiary/aromatic N) is 1. The van der Waals surface area contributed by atoms with Crippen LogP contribution in [-0.2, 0) is 7.05 Å². The van der Waals surface area contributed by atoms with Crippen molar-refractivity contribution in [3.63, 3.8) is 0 Å². The van der Waals surface area contributed by atoms with Crippen molar-refractivity contribution in [1.29, 1.82) is 0 Å². The van der Waals surface area contributed by atoms with E-state index in [1.54, 1.807) is 0 Å². The number of rotatable bonds is 2. The van der Waals surface area contributed by atoms with Gasteiger partial charge in [0.2, 0.25) is 0 Å². The second-order valence-electron chi connectivity index (χ2n) is 5.74. The fourth-order valence-electron chi connectivity index (χ4n) is 2.92. The molecule has 0 saturated heterocycles. The first-order chi connectivity index (χ1) is 10.9. The van der Waals surface area contributed by atoms with Gasteiger partial charge in [-0.3, -0.25) is 4.79 Å². The minimum absolute atomic E-state index is 0.0111. The highest BCUT2D eigenvalue weighted by Gasteiger charge is 2.21. The SMILES string of the molecule is Cc1cc2c(-c3ccccc3)c(C(=O)O)n(C)c(=O)c2cc1C. The Hall–Kier alpha value is -2.88. The zero-order valence-corrected chi connectivity index (χ0v) is 13.3. The molecular formula is C19H17NO3. The van der Waals surface area contributed by atoms with Gasteiger partial charge in [-0.25, -0.2) is 4.79 Å². The standard InChI is InChI=1S/C19H17NO3/c1-11-9-14-15(10-12(11)2)18(21)20(3)17(19(22)23)16(14)13-7-5-4-6-8-13/h4-10H,1-3H3,(H,22,23). The molecular weight excluding hydrogens is 290 g/mol. The third kappa shape index (κ3) is 2.32. The van der Waals surface area contributed by atoms with Gasteiger partial charge in [-0.05, 0) is 42.0 Å². The highest BCUT2D eigenvalue weighted by molar-refractivity contribution is 6.06. The van der Waals surface area contributed by atoms with Gasteiger partial charge in [0.05, 0.1) is 0 Å². The van der Waals surface area contributed by atoms with E-state index in [0.717, 1.165) is 16.7 Å². The van der Waals surface area contributed by atoms with Crippen molar-refractivity contribution in [2.45, 2.75) is 13.8 Å². The number of carboxylic acid groups (broad SMARTS) is 1. The molecule has 0 aliphatic rings. The molecule has 3 rings (SSSR count). The summed E-state index contributed by atoms with van der Waals surface area (Å²) in [4.78, 5) is 24.4. The number of carbonyl (C=O) groups is 1. The zero-order valence-electron chi connectivity index (χ0n) is 13.3. The van der Waals surface area contributed by atoms with E-state index in [1.807, 2.05) is 56.3 Å². The van der Waals surface area contributed by atoms with Crippen LogP contribution >= 0.6 is 0 Å². The molecule has 1 heterocycles. The van der Waals surface area contributed by atoms with E-state index in [-0.39, 0.29) is 11.3 Å². The van der Waals surface area contributed by atoms with Gasteiger partial charge < -0.3 is 9.67 Å². The minimum Gasteiger partial charge on any atom is -0.477 e. The Morgan fingerprint density at radius 1 is 1.00 bits per heavy atom. The van der Waals surface area contributed by atoms with Crippen molar-refractivity contribution in [3.05, 3.63) is 69.6 Å². The lowest BCUT2D eigenvalue weighted by atomic mass is 9.94. The second-order valence-corrected chi connectivity index (χ2v) is 5.74. The number of benzene rings is 2. The van der Waals surface area contributed by atoms with Crippen LogP contribution in [-0.4, -0.2) is 15.6 Å². The predicted octanol–water partition coefficient (Wildman–Crippen LogP) is 3.52. The minimum atomic E-state index is -1.11. The Morgan fingerprint density at radius 3 is 2.13 bits per heavy atom. The van der Waals surface area contributed by atoms with Crippen molar-refractivity contribution >= 4 is 16.7 Å². The molecule has 0 unspecified atom stereocenters. The van der Waals surface area contributed by atoms with Crippen LogP contribution in [0.1, 0.15) is 21.6 Å². The summed E-state index contributed by atoms with van der Waals surface area (Å²) in [5, 5.41) is 10.9. The highest BCUT2D eigenvalue weighted by Crippen LogP contribution is 2.31. The van der Waals surface area contributed by atoms with Crippen LogP contribution in [0.4, 0.5) is 0 Å². The largest absolute Gasteiger partial charge is 0.477 e. The van der Waals surface area contributed by atoms with Crippen molar-refractivity contribution in [2.75, 3.05) is 0 Å². The molecule has 0 aliphatic heterocycles. The summed E-state index contributed by atoms with van der Waals surface area (Å²) in [5.74, 6) is -1.11. The molecule has 0 amide bonds. The molecule has 0 atom stereocenters. The Morgan fingerprint density at radius 2 is 1.57 bits per heavy atom. The molecule has 4 nitrogen and oxygen atoms in total. The van der Waals surface area contributed by atoms with Crippen LogP contribution in [0.5, 0.6) is 0 Å². The summed E-state index contributed by atoms with van der Waals surface area (Å²) in [5.41, 5.74) is 3.13. The summed E-state index contributed by atoms with van der Waals surface area (Å²) in [7, 11) is 1.51. The maximum Gasteiger partial charge on any atom is 0.353 e. The molecule has 0 spiro atoms. The van der Waals surface area contributed by atoms with Crippen LogP contribution in [0.3, 0.4) is 0 Å². The van der Waals surface area contributed by atoms with E-state index in [0.29, 0.717) is 16.3 Å². The maximum atomic E-state index is 12.6. The number of carboxylic acids is 1. The fourth-order valence-corrected chi connectivity index (χ4v) is 2.92. The highest BCUT2D eigenvalue weighted by atomic mass is 16.4. The van der Waals surface area contributed by atoms with Gasteiger partial charge in [0.25, 0.3) is 5.56 Å². The van der Waals surface area contributed by atoms with Gasteiger partial charge in [0, 0.05) is 18.0 Å². The smallest absolute Gasteiger partial charge is 0.353 e. The molecule has 0 aliphatic carbocycles. The van der Waals surface area contributed by atoms with Crippen molar-refractivity contribution in [2.24, 2.45) is 7.05 Å². The Bertz CT molecular complexity index is 985. The van der Waals surface area contributed by atoms with Crippen LogP contribution in [0.2, 0.25) is 0 Å². The summed E-state index contributed by atoms with van der Waals surface area (Å²) in [6.07, 6.45) is 0. The Labute approximate surface area is 133 Å². The maximum absolute atomic E-state index is 12.6. The van der Waals surface area contributed by atoms with Crippen LogP contribution in [0, 0.1) is 13.8 Å². The quantitative estimate of drug-likeness (QED) is 0.788. The molecule has 3 aromatic rings. The average Bonchev–Trinajstić information content (AvgIpc) is 2.53. The molecule has 23 heavy (non-hydrogen) atoms. The molecule has 4 heteroatoms. The lowest BCUT2D eigenvalue weighted by Gasteiger charge is -2.16. The van der Waals surface area contributed by atoms with Crippen molar-refractivity contribution in [3.8, 4) is 11.1 Å². The lowest BCUT2D eigenvalue weighted by Crippen LogP contribution is -2.25. The monoisotopic (exact) mass is 307 g/mol. The first-order valence-electron chi connectivity index (χ1n) is 7.34. The van der Waals surface area contributed by atoms with Gasteiger partial charge in [-0.2, -0.15) is 0 Å². The summed E-state index contributed by atoms with van der Waals surface area (Å²) >= 11 is 0. The van der Waals surface area contributed by atoms with E-state index in [1.165, 1.54) is 11.6 Å². The molecule has 0 saturated carbocycles. The van der Waals surface area contributed by atoms with E-state index in [2.05, 4.69) is 0 Å². The fraction of sp³-hybridized carbons (Fsp3) is 0.158. The summed E-state index contributed by atoms with van der Waals surface area (Å²) in [6.45, 7) is 3.91. The molecule has 0 radical (unpaired) electrons. The third-order valence-corrected chi connectivity index (χ3v) is 4.28. The Balaban J connectivity index is 2.61. The number of aromatic carboxylic acids is 1. The topological polar surface area (TPSA) is 59.3 Å². The first-order valence-corrected chi connectivity index (χ1v) is 7.34.